The summed E-state index contributed by atoms with van der Waals surface area (Å²) in [4.78, 5) is 24.4. The van der Waals surface area contributed by atoms with E-state index in [2.05, 4.69) is 10.6 Å². The van der Waals surface area contributed by atoms with Crippen LogP contribution in [0.3, 0.4) is 0 Å². The fraction of sp³-hybridized carbons (Fsp3) is 0.417. The molecule has 2 amide bonds. The van der Waals surface area contributed by atoms with E-state index in [4.69, 9.17) is 21.1 Å². The third-order valence-corrected chi connectivity index (χ3v) is 5.77. The van der Waals surface area contributed by atoms with Crippen LogP contribution in [0.1, 0.15) is 51.0 Å². The fourth-order valence-electron chi connectivity index (χ4n) is 3.93. The van der Waals surface area contributed by atoms with Crippen LogP contribution >= 0.6 is 11.6 Å². The zero-order valence-corrected chi connectivity index (χ0v) is 19.2. The van der Waals surface area contributed by atoms with Gasteiger partial charge in [0.25, 0.3) is 0 Å². The van der Waals surface area contributed by atoms with Crippen molar-refractivity contribution in [2.45, 2.75) is 51.6 Å². The lowest BCUT2D eigenvalue weighted by atomic mass is 9.78. The molecule has 1 saturated carbocycles. The molecule has 1 aliphatic rings. The lowest BCUT2D eigenvalue weighted by Crippen LogP contribution is -2.25. The average molecular weight is 463 g/mol. The summed E-state index contributed by atoms with van der Waals surface area (Å²) in [5.74, 6) is -0.144. The van der Waals surface area contributed by atoms with Crippen LogP contribution in [0, 0.1) is 11.7 Å². The van der Waals surface area contributed by atoms with E-state index in [1.165, 1.54) is 13.2 Å². The molecule has 0 saturated heterocycles. The fourth-order valence-corrected chi connectivity index (χ4v) is 4.10. The number of ether oxygens (including phenoxy) is 2. The summed E-state index contributed by atoms with van der Waals surface area (Å²) in [7, 11) is 1.48. The minimum Gasteiger partial charge on any atom is -0.495 e. The van der Waals surface area contributed by atoms with E-state index in [1.807, 2.05) is 19.9 Å². The number of urea groups is 1. The highest BCUT2D eigenvalue weighted by Gasteiger charge is 2.29. The molecule has 1 aliphatic carbocycles. The number of rotatable bonds is 6. The molecule has 0 radical (unpaired) electrons. The maximum atomic E-state index is 14.7. The number of benzene rings is 2. The molecule has 2 N–H and O–H groups in total. The summed E-state index contributed by atoms with van der Waals surface area (Å²) in [5, 5.41) is 5.56. The molecule has 3 rings (SSSR count). The van der Waals surface area contributed by atoms with E-state index in [-0.39, 0.29) is 29.6 Å². The summed E-state index contributed by atoms with van der Waals surface area (Å²) in [6.45, 7) is 3.68. The van der Waals surface area contributed by atoms with Gasteiger partial charge < -0.3 is 20.1 Å². The van der Waals surface area contributed by atoms with Crippen LogP contribution in [0.25, 0.3) is 0 Å². The molecule has 8 heteroatoms. The van der Waals surface area contributed by atoms with Crippen LogP contribution in [0.4, 0.5) is 20.6 Å². The number of carbonyl (C=O) groups excluding carboxylic acids is 2. The second-order valence-corrected chi connectivity index (χ2v) is 8.63. The van der Waals surface area contributed by atoms with Crippen LogP contribution < -0.4 is 15.4 Å². The average Bonchev–Trinajstić information content (AvgIpc) is 2.75. The number of hydrogen-bond donors (Lipinski definition) is 2. The first-order valence-electron chi connectivity index (χ1n) is 10.7. The van der Waals surface area contributed by atoms with Gasteiger partial charge in [-0.2, -0.15) is 0 Å². The van der Waals surface area contributed by atoms with Crippen LogP contribution in [0.5, 0.6) is 5.75 Å². The number of nitrogens with one attached hydrogen (secondary N) is 2. The Balaban J connectivity index is 1.59. The molecule has 2 aromatic rings. The maximum Gasteiger partial charge on any atom is 0.323 e. The first-order chi connectivity index (χ1) is 15.3. The smallest absolute Gasteiger partial charge is 0.323 e. The van der Waals surface area contributed by atoms with E-state index < -0.39 is 11.8 Å². The number of anilines is 2. The van der Waals surface area contributed by atoms with Crippen molar-refractivity contribution >= 4 is 35.0 Å². The van der Waals surface area contributed by atoms with E-state index in [9.17, 15) is 14.0 Å². The Bertz CT molecular complexity index is 974. The molecule has 0 spiro atoms. The third-order valence-electron chi connectivity index (χ3n) is 5.53. The molecule has 0 atom stereocenters. The highest BCUT2D eigenvalue weighted by Crippen LogP contribution is 2.37. The number of esters is 1. The van der Waals surface area contributed by atoms with Gasteiger partial charge in [0.15, 0.2) is 0 Å². The first kappa shape index (κ1) is 23.9. The van der Waals surface area contributed by atoms with Crippen LogP contribution in [0.15, 0.2) is 36.4 Å². The molecule has 0 aromatic heterocycles. The Labute approximate surface area is 192 Å². The summed E-state index contributed by atoms with van der Waals surface area (Å²) < 4.78 is 25.2. The van der Waals surface area contributed by atoms with Crippen molar-refractivity contribution in [3.8, 4) is 5.75 Å². The summed E-state index contributed by atoms with van der Waals surface area (Å²) >= 11 is 5.97. The predicted octanol–water partition coefficient (Wildman–Crippen LogP) is 6.36. The summed E-state index contributed by atoms with van der Waals surface area (Å²) in [6.07, 6.45) is 2.91. The molecule has 0 aliphatic heterocycles. The monoisotopic (exact) mass is 462 g/mol. The van der Waals surface area contributed by atoms with Crippen molar-refractivity contribution in [2.75, 3.05) is 17.7 Å². The van der Waals surface area contributed by atoms with Crippen molar-refractivity contribution in [2.24, 2.45) is 5.92 Å². The second-order valence-electron chi connectivity index (χ2n) is 8.20. The van der Waals surface area contributed by atoms with Crippen LogP contribution in [-0.2, 0) is 9.53 Å². The molecule has 6 nitrogen and oxygen atoms in total. The Morgan fingerprint density at radius 1 is 1.03 bits per heavy atom. The number of amides is 2. The molecule has 0 heterocycles. The molecule has 2 aromatic carbocycles. The molecule has 32 heavy (non-hydrogen) atoms. The quantitative estimate of drug-likeness (QED) is 0.490. The van der Waals surface area contributed by atoms with Gasteiger partial charge in [0.2, 0.25) is 0 Å². The van der Waals surface area contributed by atoms with E-state index >= 15 is 0 Å². The van der Waals surface area contributed by atoms with Gasteiger partial charge in [-0.25, -0.2) is 9.18 Å². The zero-order valence-electron chi connectivity index (χ0n) is 18.4. The van der Waals surface area contributed by atoms with Gasteiger partial charge in [-0.05, 0) is 81.3 Å². The van der Waals surface area contributed by atoms with Gasteiger partial charge in [0.05, 0.1) is 30.5 Å². The molecular weight excluding hydrogens is 435 g/mol. The van der Waals surface area contributed by atoms with Gasteiger partial charge in [-0.15, -0.1) is 0 Å². The number of hydrogen-bond acceptors (Lipinski definition) is 4. The van der Waals surface area contributed by atoms with Gasteiger partial charge in [-0.3, -0.25) is 4.79 Å². The Morgan fingerprint density at radius 2 is 1.72 bits per heavy atom. The van der Waals surface area contributed by atoms with Crippen molar-refractivity contribution in [3.05, 3.63) is 52.8 Å². The third kappa shape index (κ3) is 6.13. The maximum absolute atomic E-state index is 14.7. The van der Waals surface area contributed by atoms with Crippen LogP contribution in [-0.4, -0.2) is 25.2 Å². The zero-order chi connectivity index (χ0) is 23.3. The summed E-state index contributed by atoms with van der Waals surface area (Å²) in [5.41, 5.74) is 1.31. The van der Waals surface area contributed by atoms with E-state index in [0.29, 0.717) is 16.5 Å². The van der Waals surface area contributed by atoms with Crippen LogP contribution in [0.2, 0.25) is 5.02 Å². The van der Waals surface area contributed by atoms with Crippen molar-refractivity contribution in [1.29, 1.82) is 0 Å². The van der Waals surface area contributed by atoms with Gasteiger partial charge in [-0.1, -0.05) is 17.7 Å². The van der Waals surface area contributed by atoms with Gasteiger partial charge in [0.1, 0.15) is 11.6 Å². The molecule has 1 fully saturated rings. The first-order valence-corrected chi connectivity index (χ1v) is 11.1. The molecule has 172 valence electrons. The minimum atomic E-state index is -0.610. The Kier molecular flexibility index (Phi) is 7.96. The SMILES string of the molecule is COc1ccc(Cl)cc1NC(=O)Nc1ccc(C2CCC(C(=O)OC(C)C)CC2)cc1F. The molecule has 0 unspecified atom stereocenters. The van der Waals surface area contributed by atoms with E-state index in [1.54, 1.807) is 24.3 Å². The highest BCUT2D eigenvalue weighted by molar-refractivity contribution is 6.31. The lowest BCUT2D eigenvalue weighted by Gasteiger charge is -2.28. The van der Waals surface area contributed by atoms with Crippen molar-refractivity contribution in [1.82, 2.24) is 0 Å². The second kappa shape index (κ2) is 10.7. The topological polar surface area (TPSA) is 76.7 Å². The molecule has 0 bridgehead atoms. The Morgan fingerprint density at radius 3 is 2.34 bits per heavy atom. The number of halogens is 2. The highest BCUT2D eigenvalue weighted by atomic mass is 35.5. The largest absolute Gasteiger partial charge is 0.495 e. The van der Waals surface area contributed by atoms with Gasteiger partial charge in [0, 0.05) is 5.02 Å². The van der Waals surface area contributed by atoms with Gasteiger partial charge >= 0.3 is 12.0 Å². The standard InChI is InChI=1S/C24H28ClFN2O4/c1-14(2)32-23(29)16-6-4-15(5-7-16)17-8-10-20(19(26)12-17)27-24(30)28-21-13-18(25)9-11-22(21)31-3/h8-16H,4-7H2,1-3H3,(H2,27,28,30). The number of carbonyl (C=O) groups is 2. The van der Waals surface area contributed by atoms with E-state index in [0.717, 1.165) is 31.2 Å². The van der Waals surface area contributed by atoms with Crippen molar-refractivity contribution in [3.63, 3.8) is 0 Å². The lowest BCUT2D eigenvalue weighted by molar-refractivity contribution is -0.153. The summed E-state index contributed by atoms with van der Waals surface area (Å²) in [6, 6.07) is 9.03. The predicted molar refractivity (Wildman–Crippen MR) is 123 cm³/mol. The van der Waals surface area contributed by atoms with Crippen molar-refractivity contribution < 1.29 is 23.5 Å². The normalized spacial score (nSPS) is 18.2. The number of methoxy groups -OCH3 is 1. The minimum absolute atomic E-state index is 0.0708. The molecular formula is C24H28ClFN2O4. The Hall–Kier alpha value is -2.80.